The highest BCUT2D eigenvalue weighted by Gasteiger charge is 1.95. The first kappa shape index (κ1) is 9.79. The topological polar surface area (TPSA) is 73.9 Å². The molecule has 0 aliphatic carbocycles. The van der Waals surface area contributed by atoms with Gasteiger partial charge in [0, 0.05) is 0 Å². The van der Waals surface area contributed by atoms with Gasteiger partial charge in [-0.05, 0) is 24.3 Å². The van der Waals surface area contributed by atoms with E-state index in [0.29, 0.717) is 11.5 Å². The summed E-state index contributed by atoms with van der Waals surface area (Å²) in [5, 5.41) is 8.48. The zero-order valence-corrected chi connectivity index (χ0v) is 6.97. The summed E-state index contributed by atoms with van der Waals surface area (Å²) >= 11 is 0. The molecule has 0 fully saturated rings. The van der Waals surface area contributed by atoms with Gasteiger partial charge in [-0.1, -0.05) is 4.99 Å². The van der Waals surface area contributed by atoms with Crippen molar-refractivity contribution < 1.29 is 19.7 Å². The number of nitrogens with two attached hydrogens (primary N) is 1. The van der Waals surface area contributed by atoms with E-state index < -0.39 is 0 Å². The Balaban J connectivity index is 2.48. The van der Waals surface area contributed by atoms with E-state index in [1.807, 2.05) is 0 Å². The van der Waals surface area contributed by atoms with Gasteiger partial charge in [0.2, 0.25) is 0 Å². The maximum absolute atomic E-state index is 8.48. The highest BCUT2D eigenvalue weighted by molar-refractivity contribution is 5.30. The SMILES string of the molecule is NOOc1ccc(OCCO)cc1. The van der Waals surface area contributed by atoms with Crippen LogP contribution >= 0.6 is 0 Å². The molecule has 0 spiro atoms. The van der Waals surface area contributed by atoms with Gasteiger partial charge in [0.05, 0.1) is 6.61 Å². The van der Waals surface area contributed by atoms with E-state index >= 15 is 0 Å². The second-order valence-electron chi connectivity index (χ2n) is 2.22. The van der Waals surface area contributed by atoms with E-state index in [0.717, 1.165) is 0 Å². The van der Waals surface area contributed by atoms with Gasteiger partial charge in [-0.2, -0.15) is 5.90 Å². The van der Waals surface area contributed by atoms with Crippen LogP contribution < -0.4 is 15.5 Å². The van der Waals surface area contributed by atoms with Crippen LogP contribution in [-0.2, 0) is 4.99 Å². The molecular weight excluding hydrogens is 174 g/mol. The van der Waals surface area contributed by atoms with Crippen LogP contribution in [0.2, 0.25) is 0 Å². The molecule has 0 bridgehead atoms. The van der Waals surface area contributed by atoms with Crippen molar-refractivity contribution in [2.24, 2.45) is 5.90 Å². The van der Waals surface area contributed by atoms with Crippen LogP contribution in [0.5, 0.6) is 11.5 Å². The summed E-state index contributed by atoms with van der Waals surface area (Å²) in [5.74, 6) is 5.83. The van der Waals surface area contributed by atoms with Gasteiger partial charge in [-0.25, -0.2) is 0 Å². The highest BCUT2D eigenvalue weighted by Crippen LogP contribution is 2.16. The molecule has 3 N–H and O–H groups in total. The van der Waals surface area contributed by atoms with Crippen molar-refractivity contribution in [3.63, 3.8) is 0 Å². The molecule has 1 aromatic carbocycles. The maximum atomic E-state index is 8.48. The predicted molar refractivity (Wildman–Crippen MR) is 44.9 cm³/mol. The fourth-order valence-electron chi connectivity index (χ4n) is 0.810. The first-order valence-electron chi connectivity index (χ1n) is 3.74. The van der Waals surface area contributed by atoms with Gasteiger partial charge < -0.3 is 14.7 Å². The molecule has 1 aromatic rings. The lowest BCUT2D eigenvalue weighted by atomic mass is 10.3. The summed E-state index contributed by atoms with van der Waals surface area (Å²) < 4.78 is 5.11. The molecule has 0 aliphatic rings. The monoisotopic (exact) mass is 185 g/mol. The fraction of sp³-hybridized carbons (Fsp3) is 0.250. The zero-order chi connectivity index (χ0) is 9.52. The molecule has 0 aromatic heterocycles. The number of aliphatic hydroxyl groups is 1. The lowest BCUT2D eigenvalue weighted by Crippen LogP contribution is -2.03. The van der Waals surface area contributed by atoms with E-state index in [4.69, 9.17) is 15.7 Å². The molecule has 0 radical (unpaired) electrons. The highest BCUT2D eigenvalue weighted by atomic mass is 17.3. The molecule has 13 heavy (non-hydrogen) atoms. The molecule has 0 atom stereocenters. The van der Waals surface area contributed by atoms with Crippen LogP contribution in [0.1, 0.15) is 0 Å². The minimum absolute atomic E-state index is 0.00976. The molecule has 0 heterocycles. The van der Waals surface area contributed by atoms with Gasteiger partial charge in [0.15, 0.2) is 5.75 Å². The molecule has 0 saturated heterocycles. The number of ether oxygens (including phenoxy) is 1. The minimum atomic E-state index is -0.00976. The largest absolute Gasteiger partial charge is 0.491 e. The summed E-state index contributed by atoms with van der Waals surface area (Å²) in [7, 11) is 0. The number of rotatable bonds is 5. The summed E-state index contributed by atoms with van der Waals surface area (Å²) in [4.78, 5) is 8.51. The molecule has 1 rings (SSSR count). The summed E-state index contributed by atoms with van der Waals surface area (Å²) in [6, 6.07) is 6.65. The first-order valence-corrected chi connectivity index (χ1v) is 3.74. The van der Waals surface area contributed by atoms with Crippen molar-refractivity contribution in [3.8, 4) is 11.5 Å². The summed E-state index contributed by atoms with van der Waals surface area (Å²) in [6.07, 6.45) is 0. The fourth-order valence-corrected chi connectivity index (χ4v) is 0.810. The lowest BCUT2D eigenvalue weighted by Gasteiger charge is -2.04. The molecule has 0 aliphatic heterocycles. The smallest absolute Gasteiger partial charge is 0.167 e. The normalized spacial score (nSPS) is 9.69. The van der Waals surface area contributed by atoms with Crippen LogP contribution in [0.25, 0.3) is 0 Å². The molecular formula is C8H11NO4. The second kappa shape index (κ2) is 5.36. The molecule has 5 heteroatoms. The van der Waals surface area contributed by atoms with E-state index in [-0.39, 0.29) is 13.2 Å². The van der Waals surface area contributed by atoms with Gasteiger partial charge in [0.1, 0.15) is 12.4 Å². The van der Waals surface area contributed by atoms with Crippen molar-refractivity contribution in [2.75, 3.05) is 13.2 Å². The third-order valence-electron chi connectivity index (χ3n) is 1.33. The third-order valence-corrected chi connectivity index (χ3v) is 1.33. The Morgan fingerprint density at radius 1 is 1.15 bits per heavy atom. The Labute approximate surface area is 75.5 Å². The van der Waals surface area contributed by atoms with Crippen molar-refractivity contribution in [1.29, 1.82) is 0 Å². The number of hydrogen-bond donors (Lipinski definition) is 2. The van der Waals surface area contributed by atoms with Crippen molar-refractivity contribution >= 4 is 0 Å². The molecule has 0 unspecified atom stereocenters. The molecule has 0 amide bonds. The van der Waals surface area contributed by atoms with Gasteiger partial charge in [0.25, 0.3) is 0 Å². The van der Waals surface area contributed by atoms with E-state index in [1.165, 1.54) is 0 Å². The van der Waals surface area contributed by atoms with Crippen LogP contribution in [0.15, 0.2) is 24.3 Å². The summed E-state index contributed by atoms with van der Waals surface area (Å²) in [5.41, 5.74) is 0. The van der Waals surface area contributed by atoms with Crippen LogP contribution in [0.4, 0.5) is 0 Å². The van der Waals surface area contributed by atoms with Crippen molar-refractivity contribution in [2.45, 2.75) is 0 Å². The Morgan fingerprint density at radius 3 is 2.31 bits per heavy atom. The lowest BCUT2D eigenvalue weighted by molar-refractivity contribution is -0.211. The van der Waals surface area contributed by atoms with Crippen molar-refractivity contribution in [1.82, 2.24) is 0 Å². The second-order valence-corrected chi connectivity index (χ2v) is 2.22. The van der Waals surface area contributed by atoms with E-state index in [2.05, 4.69) is 9.88 Å². The quantitative estimate of drug-likeness (QED) is 0.507. The number of benzene rings is 1. The molecule has 0 saturated carbocycles. The zero-order valence-electron chi connectivity index (χ0n) is 6.97. The van der Waals surface area contributed by atoms with Gasteiger partial charge in [-0.15, -0.1) is 0 Å². The predicted octanol–water partition coefficient (Wildman–Crippen LogP) is 0.242. The third kappa shape index (κ3) is 3.29. The Hall–Kier alpha value is -1.30. The van der Waals surface area contributed by atoms with Crippen LogP contribution in [0, 0.1) is 0 Å². The van der Waals surface area contributed by atoms with E-state index in [1.54, 1.807) is 24.3 Å². The number of aliphatic hydroxyl groups excluding tert-OH is 1. The molecule has 5 nitrogen and oxygen atoms in total. The van der Waals surface area contributed by atoms with Gasteiger partial charge in [-0.3, -0.25) is 0 Å². The van der Waals surface area contributed by atoms with Gasteiger partial charge >= 0.3 is 0 Å². The van der Waals surface area contributed by atoms with Crippen LogP contribution in [-0.4, -0.2) is 18.3 Å². The maximum Gasteiger partial charge on any atom is 0.167 e. The van der Waals surface area contributed by atoms with Crippen molar-refractivity contribution in [3.05, 3.63) is 24.3 Å². The minimum Gasteiger partial charge on any atom is -0.491 e. The van der Waals surface area contributed by atoms with E-state index in [9.17, 15) is 0 Å². The molecule has 72 valence electrons. The average Bonchev–Trinajstić information content (AvgIpc) is 2.17. The Kier molecular flexibility index (Phi) is 4.04. The standard InChI is InChI=1S/C8H11NO4/c9-13-12-8-3-1-7(2-4-8)11-6-5-10/h1-4,10H,5-6,9H2. The Morgan fingerprint density at radius 2 is 1.77 bits per heavy atom. The Bertz CT molecular complexity index is 236. The number of hydrogen-bond acceptors (Lipinski definition) is 5. The van der Waals surface area contributed by atoms with Crippen LogP contribution in [0.3, 0.4) is 0 Å². The first-order chi connectivity index (χ1) is 6.36. The summed E-state index contributed by atoms with van der Waals surface area (Å²) in [6.45, 7) is 0.262. The average molecular weight is 185 g/mol.